The summed E-state index contributed by atoms with van der Waals surface area (Å²) < 4.78 is 18.1. The van der Waals surface area contributed by atoms with Gasteiger partial charge in [-0.2, -0.15) is 0 Å². The highest BCUT2D eigenvalue weighted by molar-refractivity contribution is 5.91. The monoisotopic (exact) mass is 305 g/mol. The van der Waals surface area contributed by atoms with Gasteiger partial charge in [0.2, 0.25) is 5.75 Å². The number of carbonyl (C=O) groups excluding carboxylic acids is 1. The summed E-state index contributed by atoms with van der Waals surface area (Å²) in [6.45, 7) is 1.15. The summed E-state index contributed by atoms with van der Waals surface area (Å²) in [5.41, 5.74) is 0.730. The molecule has 0 aliphatic rings. The third-order valence-corrected chi connectivity index (χ3v) is 2.62. The average molecular weight is 305 g/mol. The molecule has 0 saturated heterocycles. The van der Waals surface area contributed by atoms with Crippen LogP contribution in [0.1, 0.15) is 5.69 Å². The standard InChI is InChI=1S/C14H12FN3O4/c1-9-5-6-12(14(16-9)18(20)21)22-8-13(19)17-11-4-2-3-10(15)7-11/h2-7H,8H2,1H3,(H,17,19). The molecule has 1 aromatic heterocycles. The first-order chi connectivity index (χ1) is 10.5. The van der Waals surface area contributed by atoms with Crippen LogP contribution in [0.4, 0.5) is 15.9 Å². The number of hydrogen-bond acceptors (Lipinski definition) is 5. The fraction of sp³-hybridized carbons (Fsp3) is 0.143. The number of pyridine rings is 1. The predicted octanol–water partition coefficient (Wildman–Crippen LogP) is 2.45. The molecule has 1 aromatic carbocycles. The van der Waals surface area contributed by atoms with Crippen molar-refractivity contribution in [2.45, 2.75) is 6.92 Å². The number of benzene rings is 1. The van der Waals surface area contributed by atoms with Crippen LogP contribution in [-0.4, -0.2) is 22.4 Å². The Bertz CT molecular complexity index is 721. The Balaban J connectivity index is 2.01. The van der Waals surface area contributed by atoms with Crippen molar-refractivity contribution < 1.29 is 18.8 Å². The molecule has 1 heterocycles. The van der Waals surface area contributed by atoms with Crippen LogP contribution in [0.3, 0.4) is 0 Å². The number of ether oxygens (including phenoxy) is 1. The van der Waals surface area contributed by atoms with Gasteiger partial charge in [-0.3, -0.25) is 4.79 Å². The van der Waals surface area contributed by atoms with Crippen LogP contribution in [0.25, 0.3) is 0 Å². The number of nitro groups is 1. The first-order valence-corrected chi connectivity index (χ1v) is 6.26. The number of anilines is 1. The van der Waals surface area contributed by atoms with Gasteiger partial charge in [0.05, 0.1) is 0 Å². The molecule has 0 spiro atoms. The van der Waals surface area contributed by atoms with Crippen molar-refractivity contribution in [2.24, 2.45) is 0 Å². The SMILES string of the molecule is Cc1ccc(OCC(=O)Nc2cccc(F)c2)c([N+](=O)[O-])n1. The minimum Gasteiger partial charge on any atom is -0.476 e. The zero-order valence-corrected chi connectivity index (χ0v) is 11.6. The minimum absolute atomic E-state index is 0.106. The molecule has 1 N–H and O–H groups in total. The van der Waals surface area contributed by atoms with Crippen LogP contribution < -0.4 is 10.1 Å². The van der Waals surface area contributed by atoms with Gasteiger partial charge in [0.15, 0.2) is 6.61 Å². The second kappa shape index (κ2) is 6.61. The van der Waals surface area contributed by atoms with E-state index in [1.165, 1.54) is 30.3 Å². The number of halogens is 1. The van der Waals surface area contributed by atoms with E-state index in [0.717, 1.165) is 6.07 Å². The zero-order chi connectivity index (χ0) is 16.1. The first kappa shape index (κ1) is 15.4. The first-order valence-electron chi connectivity index (χ1n) is 6.26. The van der Waals surface area contributed by atoms with Crippen LogP contribution in [0, 0.1) is 22.9 Å². The Morgan fingerprint density at radius 3 is 2.86 bits per heavy atom. The average Bonchev–Trinajstić information content (AvgIpc) is 2.45. The molecule has 0 radical (unpaired) electrons. The molecule has 7 nitrogen and oxygen atoms in total. The molecular weight excluding hydrogens is 293 g/mol. The highest BCUT2D eigenvalue weighted by atomic mass is 19.1. The number of aryl methyl sites for hydroxylation is 1. The van der Waals surface area contributed by atoms with Gasteiger partial charge < -0.3 is 20.2 Å². The lowest BCUT2D eigenvalue weighted by Gasteiger charge is -2.07. The molecule has 0 saturated carbocycles. The molecule has 2 rings (SSSR count). The van der Waals surface area contributed by atoms with Crippen LogP contribution in [0.5, 0.6) is 5.75 Å². The number of nitrogens with zero attached hydrogens (tertiary/aromatic N) is 2. The normalized spacial score (nSPS) is 10.1. The van der Waals surface area contributed by atoms with E-state index in [1.54, 1.807) is 6.92 Å². The largest absolute Gasteiger partial charge is 0.476 e. The van der Waals surface area contributed by atoms with Gasteiger partial charge in [0.1, 0.15) is 11.5 Å². The van der Waals surface area contributed by atoms with E-state index >= 15 is 0 Å². The molecule has 0 bridgehead atoms. The molecule has 0 atom stereocenters. The molecular formula is C14H12FN3O4. The predicted molar refractivity (Wildman–Crippen MR) is 76.2 cm³/mol. The summed E-state index contributed by atoms with van der Waals surface area (Å²) in [6.07, 6.45) is 0. The summed E-state index contributed by atoms with van der Waals surface area (Å²) in [6, 6.07) is 8.25. The fourth-order valence-electron chi connectivity index (χ4n) is 1.68. The number of aromatic nitrogens is 1. The zero-order valence-electron chi connectivity index (χ0n) is 11.6. The van der Waals surface area contributed by atoms with Crippen molar-refractivity contribution in [3.63, 3.8) is 0 Å². The second-order valence-corrected chi connectivity index (χ2v) is 4.38. The quantitative estimate of drug-likeness (QED) is 0.676. The summed E-state index contributed by atoms with van der Waals surface area (Å²) in [4.78, 5) is 25.6. The Morgan fingerprint density at radius 2 is 2.18 bits per heavy atom. The topological polar surface area (TPSA) is 94.4 Å². The van der Waals surface area contributed by atoms with Crippen LogP contribution in [0.2, 0.25) is 0 Å². The summed E-state index contributed by atoms with van der Waals surface area (Å²) in [5.74, 6) is -1.62. The molecule has 0 aliphatic carbocycles. The van der Waals surface area contributed by atoms with Crippen molar-refractivity contribution in [2.75, 3.05) is 11.9 Å². The van der Waals surface area contributed by atoms with E-state index in [4.69, 9.17) is 4.74 Å². The van der Waals surface area contributed by atoms with E-state index in [1.807, 2.05) is 0 Å². The number of rotatable bonds is 5. The van der Waals surface area contributed by atoms with Crippen molar-refractivity contribution >= 4 is 17.4 Å². The van der Waals surface area contributed by atoms with Crippen molar-refractivity contribution in [3.05, 3.63) is 58.0 Å². The van der Waals surface area contributed by atoms with Crippen molar-refractivity contribution in [3.8, 4) is 5.75 Å². The number of carbonyl (C=O) groups is 1. The smallest absolute Gasteiger partial charge is 0.406 e. The summed E-state index contributed by atoms with van der Waals surface area (Å²) >= 11 is 0. The van der Waals surface area contributed by atoms with E-state index in [-0.39, 0.29) is 11.4 Å². The number of nitrogens with one attached hydrogen (secondary N) is 1. The lowest BCUT2D eigenvalue weighted by molar-refractivity contribution is -0.390. The minimum atomic E-state index is -0.688. The van der Waals surface area contributed by atoms with Crippen molar-refractivity contribution in [1.29, 1.82) is 0 Å². The highest BCUT2D eigenvalue weighted by Gasteiger charge is 2.18. The molecule has 2 aromatic rings. The molecule has 0 unspecified atom stereocenters. The maximum Gasteiger partial charge on any atom is 0.406 e. The van der Waals surface area contributed by atoms with E-state index in [2.05, 4.69) is 10.3 Å². The third-order valence-electron chi connectivity index (χ3n) is 2.62. The third kappa shape index (κ3) is 3.98. The van der Waals surface area contributed by atoms with Gasteiger partial charge >= 0.3 is 5.82 Å². The lowest BCUT2D eigenvalue weighted by atomic mass is 10.3. The summed E-state index contributed by atoms with van der Waals surface area (Å²) in [5, 5.41) is 13.3. The lowest BCUT2D eigenvalue weighted by Crippen LogP contribution is -2.20. The number of hydrogen-bond donors (Lipinski definition) is 1. The van der Waals surface area contributed by atoms with Gasteiger partial charge in [-0.05, 0) is 40.2 Å². The van der Waals surface area contributed by atoms with Crippen LogP contribution in [-0.2, 0) is 4.79 Å². The Kier molecular flexibility index (Phi) is 4.62. The molecule has 0 aliphatic heterocycles. The van der Waals surface area contributed by atoms with Gasteiger partial charge in [-0.15, -0.1) is 0 Å². The Labute approximate surface area is 124 Å². The molecule has 8 heteroatoms. The van der Waals surface area contributed by atoms with Gasteiger partial charge in [-0.1, -0.05) is 6.07 Å². The molecule has 22 heavy (non-hydrogen) atoms. The Morgan fingerprint density at radius 1 is 1.41 bits per heavy atom. The maximum atomic E-state index is 13.0. The van der Waals surface area contributed by atoms with Gasteiger partial charge in [-0.25, -0.2) is 4.39 Å². The van der Waals surface area contributed by atoms with Crippen LogP contribution >= 0.6 is 0 Å². The Hall–Kier alpha value is -3.03. The van der Waals surface area contributed by atoms with Gasteiger partial charge in [0.25, 0.3) is 5.91 Å². The van der Waals surface area contributed by atoms with Crippen LogP contribution in [0.15, 0.2) is 36.4 Å². The van der Waals surface area contributed by atoms with Gasteiger partial charge in [0, 0.05) is 12.6 Å². The van der Waals surface area contributed by atoms with E-state index in [9.17, 15) is 19.3 Å². The van der Waals surface area contributed by atoms with Crippen molar-refractivity contribution in [1.82, 2.24) is 4.98 Å². The molecule has 0 fully saturated rings. The van der Waals surface area contributed by atoms with E-state index in [0.29, 0.717) is 5.69 Å². The van der Waals surface area contributed by atoms with E-state index < -0.39 is 29.1 Å². The second-order valence-electron chi connectivity index (χ2n) is 4.38. The summed E-state index contributed by atoms with van der Waals surface area (Å²) in [7, 11) is 0. The fourth-order valence-corrected chi connectivity index (χ4v) is 1.68. The molecule has 1 amide bonds. The number of amides is 1. The maximum absolute atomic E-state index is 13.0. The highest BCUT2D eigenvalue weighted by Crippen LogP contribution is 2.24. The molecule has 114 valence electrons.